The van der Waals surface area contributed by atoms with Crippen molar-refractivity contribution in [2.24, 2.45) is 0 Å². The molecular weight excluding hydrogens is 296 g/mol. The maximum absolute atomic E-state index is 12.2. The summed E-state index contributed by atoms with van der Waals surface area (Å²) in [5, 5.41) is 12.1. The van der Waals surface area contributed by atoms with E-state index in [1.165, 1.54) is 4.90 Å². The van der Waals surface area contributed by atoms with Crippen LogP contribution in [-0.2, 0) is 19.4 Å². The first-order chi connectivity index (χ1) is 9.87. The maximum Gasteiger partial charge on any atom is 0.305 e. The van der Waals surface area contributed by atoms with Gasteiger partial charge < -0.3 is 15.3 Å². The van der Waals surface area contributed by atoms with Gasteiger partial charge in [0, 0.05) is 12.6 Å². The van der Waals surface area contributed by atoms with Crippen LogP contribution in [0.1, 0.15) is 32.1 Å². The average molecular weight is 318 g/mol. The number of aliphatic carboxylic acids is 1. The molecule has 1 saturated heterocycles. The molecule has 2 fully saturated rings. The number of carbonyl (C=O) groups is 2. The van der Waals surface area contributed by atoms with Crippen LogP contribution in [0.4, 0.5) is 0 Å². The van der Waals surface area contributed by atoms with Crippen molar-refractivity contribution < 1.29 is 23.1 Å². The van der Waals surface area contributed by atoms with Gasteiger partial charge in [0.15, 0.2) is 9.84 Å². The van der Waals surface area contributed by atoms with Crippen LogP contribution in [0.2, 0.25) is 0 Å². The van der Waals surface area contributed by atoms with Gasteiger partial charge in [-0.05, 0) is 12.8 Å². The minimum atomic E-state index is -3.25. The third kappa shape index (κ3) is 4.67. The number of carboxylic acids is 1. The van der Waals surface area contributed by atoms with Crippen molar-refractivity contribution in [3.05, 3.63) is 0 Å². The summed E-state index contributed by atoms with van der Waals surface area (Å²) >= 11 is 0. The lowest BCUT2D eigenvalue weighted by molar-refractivity contribution is -0.140. The third-order valence-corrected chi connectivity index (χ3v) is 5.86. The minimum Gasteiger partial charge on any atom is -0.481 e. The molecule has 21 heavy (non-hydrogen) atoms. The van der Waals surface area contributed by atoms with Crippen LogP contribution in [0.15, 0.2) is 0 Å². The molecule has 0 spiro atoms. The summed E-state index contributed by atoms with van der Waals surface area (Å²) < 4.78 is 23.3. The van der Waals surface area contributed by atoms with Crippen LogP contribution in [0, 0.1) is 0 Å². The van der Waals surface area contributed by atoms with Gasteiger partial charge in [0.1, 0.15) is 0 Å². The molecule has 2 N–H and O–H groups in total. The zero-order valence-corrected chi connectivity index (χ0v) is 12.8. The first kappa shape index (κ1) is 16.2. The lowest BCUT2D eigenvalue weighted by Crippen LogP contribution is -2.54. The molecule has 0 aromatic rings. The predicted octanol–water partition coefficient (Wildman–Crippen LogP) is -0.381. The Morgan fingerprint density at radius 2 is 1.90 bits per heavy atom. The SMILES string of the molecule is O=C(O)CC1CS(=O)(=O)CCN1C(=O)CNC1CCCC1. The first-order valence-electron chi connectivity index (χ1n) is 7.32. The first-order valence-corrected chi connectivity index (χ1v) is 9.14. The topological polar surface area (TPSA) is 104 Å². The van der Waals surface area contributed by atoms with Gasteiger partial charge in [-0.25, -0.2) is 8.42 Å². The van der Waals surface area contributed by atoms with E-state index in [-0.39, 0.29) is 36.9 Å². The summed E-state index contributed by atoms with van der Waals surface area (Å²) in [5.74, 6) is -1.63. The molecule has 1 aliphatic carbocycles. The highest BCUT2D eigenvalue weighted by Crippen LogP contribution is 2.18. The van der Waals surface area contributed by atoms with Gasteiger partial charge in [0.05, 0.1) is 30.5 Å². The van der Waals surface area contributed by atoms with Gasteiger partial charge in [0.2, 0.25) is 5.91 Å². The summed E-state index contributed by atoms with van der Waals surface area (Å²) in [6, 6.07) is -0.403. The molecule has 0 aromatic carbocycles. The number of sulfone groups is 1. The number of amides is 1. The van der Waals surface area contributed by atoms with E-state index >= 15 is 0 Å². The quantitative estimate of drug-likeness (QED) is 0.716. The smallest absolute Gasteiger partial charge is 0.305 e. The number of nitrogens with one attached hydrogen (secondary N) is 1. The van der Waals surface area contributed by atoms with Gasteiger partial charge in [-0.3, -0.25) is 9.59 Å². The van der Waals surface area contributed by atoms with E-state index in [0.29, 0.717) is 6.04 Å². The van der Waals surface area contributed by atoms with E-state index in [4.69, 9.17) is 5.11 Å². The van der Waals surface area contributed by atoms with E-state index in [1.807, 2.05) is 0 Å². The summed E-state index contributed by atoms with van der Waals surface area (Å²) in [5.41, 5.74) is 0. The standard InChI is InChI=1S/C13H22N2O5S/c16-12(8-14-10-3-1-2-4-10)15-5-6-21(19,20)9-11(15)7-13(17)18/h10-11,14H,1-9H2,(H,17,18). The molecule has 2 aliphatic rings. The molecule has 2 rings (SSSR count). The second-order valence-corrected chi connectivity index (χ2v) is 8.04. The Kier molecular flexibility index (Phi) is 5.21. The van der Waals surface area contributed by atoms with Crippen LogP contribution < -0.4 is 5.32 Å². The zero-order valence-electron chi connectivity index (χ0n) is 12.0. The molecule has 1 saturated carbocycles. The van der Waals surface area contributed by atoms with Crippen molar-refractivity contribution in [3.63, 3.8) is 0 Å². The van der Waals surface area contributed by atoms with Crippen molar-refractivity contribution in [1.29, 1.82) is 0 Å². The van der Waals surface area contributed by atoms with Crippen LogP contribution in [0.3, 0.4) is 0 Å². The Balaban J connectivity index is 1.94. The zero-order chi connectivity index (χ0) is 15.5. The summed E-state index contributed by atoms with van der Waals surface area (Å²) in [7, 11) is -3.25. The molecule has 1 aliphatic heterocycles. The van der Waals surface area contributed by atoms with Gasteiger partial charge in [0.25, 0.3) is 0 Å². The number of rotatable bonds is 5. The molecule has 1 amide bonds. The van der Waals surface area contributed by atoms with Crippen molar-refractivity contribution in [3.8, 4) is 0 Å². The fraction of sp³-hybridized carbons (Fsp3) is 0.846. The highest BCUT2D eigenvalue weighted by Gasteiger charge is 2.35. The van der Waals surface area contributed by atoms with Gasteiger partial charge in [-0.2, -0.15) is 0 Å². The Bertz CT molecular complexity index is 499. The second-order valence-electron chi connectivity index (χ2n) is 5.82. The van der Waals surface area contributed by atoms with Crippen molar-refractivity contribution in [1.82, 2.24) is 10.2 Å². The number of carboxylic acid groups (broad SMARTS) is 1. The molecule has 8 heteroatoms. The molecule has 1 unspecified atom stereocenters. The molecule has 0 bridgehead atoms. The Hall–Kier alpha value is -1.15. The molecular formula is C13H22N2O5S. The van der Waals surface area contributed by atoms with E-state index in [0.717, 1.165) is 25.7 Å². The van der Waals surface area contributed by atoms with Gasteiger partial charge >= 0.3 is 5.97 Å². The highest BCUT2D eigenvalue weighted by molar-refractivity contribution is 7.91. The Morgan fingerprint density at radius 1 is 1.24 bits per heavy atom. The van der Waals surface area contributed by atoms with Gasteiger partial charge in [-0.15, -0.1) is 0 Å². The van der Waals surface area contributed by atoms with Crippen molar-refractivity contribution in [2.75, 3.05) is 24.6 Å². The third-order valence-electron chi connectivity index (χ3n) is 4.16. The Labute approximate surface area is 124 Å². The molecule has 1 atom stereocenters. The Morgan fingerprint density at radius 3 is 2.52 bits per heavy atom. The van der Waals surface area contributed by atoms with Gasteiger partial charge in [-0.1, -0.05) is 12.8 Å². The largest absolute Gasteiger partial charge is 0.481 e. The monoisotopic (exact) mass is 318 g/mol. The summed E-state index contributed by atoms with van der Waals surface area (Å²) in [6.07, 6.45) is 4.11. The lowest BCUT2D eigenvalue weighted by Gasteiger charge is -2.35. The normalized spacial score (nSPS) is 25.9. The molecule has 1 heterocycles. The average Bonchev–Trinajstić information content (AvgIpc) is 2.87. The summed E-state index contributed by atoms with van der Waals surface area (Å²) in [4.78, 5) is 24.5. The van der Waals surface area contributed by atoms with E-state index in [2.05, 4.69) is 5.32 Å². The van der Waals surface area contributed by atoms with E-state index < -0.39 is 21.8 Å². The fourth-order valence-electron chi connectivity index (χ4n) is 3.05. The van der Waals surface area contributed by atoms with Crippen LogP contribution in [0.25, 0.3) is 0 Å². The fourth-order valence-corrected chi connectivity index (χ4v) is 4.57. The summed E-state index contributed by atoms with van der Waals surface area (Å²) in [6.45, 7) is 0.242. The number of nitrogens with zero attached hydrogens (tertiary/aromatic N) is 1. The van der Waals surface area contributed by atoms with Crippen molar-refractivity contribution >= 4 is 21.7 Å². The minimum absolute atomic E-state index is 0.0850. The molecule has 0 radical (unpaired) electrons. The van der Waals surface area contributed by atoms with Crippen LogP contribution >= 0.6 is 0 Å². The van der Waals surface area contributed by atoms with Crippen LogP contribution in [-0.4, -0.2) is 67.0 Å². The van der Waals surface area contributed by atoms with E-state index in [9.17, 15) is 18.0 Å². The predicted molar refractivity (Wildman–Crippen MR) is 76.7 cm³/mol. The highest BCUT2D eigenvalue weighted by atomic mass is 32.2. The number of hydrogen-bond acceptors (Lipinski definition) is 5. The maximum atomic E-state index is 12.2. The second kappa shape index (κ2) is 6.74. The molecule has 120 valence electrons. The van der Waals surface area contributed by atoms with Crippen LogP contribution in [0.5, 0.6) is 0 Å². The molecule has 0 aromatic heterocycles. The molecule has 7 nitrogen and oxygen atoms in total. The van der Waals surface area contributed by atoms with E-state index in [1.54, 1.807) is 0 Å². The number of hydrogen-bond donors (Lipinski definition) is 2. The lowest BCUT2D eigenvalue weighted by atomic mass is 10.2. The number of carbonyl (C=O) groups excluding carboxylic acids is 1. The van der Waals surface area contributed by atoms with Crippen molar-refractivity contribution in [2.45, 2.75) is 44.2 Å².